The maximum absolute atomic E-state index is 13.3. The molecule has 0 amide bonds. The largest absolute Gasteiger partial charge is 0.319 e. The van der Waals surface area contributed by atoms with E-state index < -0.39 is 0 Å². The molecule has 0 fully saturated rings. The molecule has 0 aliphatic rings. The highest BCUT2D eigenvalue weighted by Crippen LogP contribution is 2.20. The summed E-state index contributed by atoms with van der Waals surface area (Å²) in [6, 6.07) is 14.0. The maximum Gasteiger partial charge on any atom is 0.137 e. The van der Waals surface area contributed by atoms with E-state index in [1.165, 1.54) is 17.2 Å². The molecule has 1 N–H and O–H groups in total. The number of benzene rings is 2. The third-order valence-corrected chi connectivity index (χ3v) is 4.25. The summed E-state index contributed by atoms with van der Waals surface area (Å²) in [6.45, 7) is 3.05. The average Bonchev–Trinajstić information content (AvgIpc) is 2.46. The van der Waals surface area contributed by atoms with E-state index in [9.17, 15) is 4.39 Å². The van der Waals surface area contributed by atoms with Gasteiger partial charge in [0, 0.05) is 0 Å². The first kappa shape index (κ1) is 16.2. The van der Waals surface area contributed by atoms with Gasteiger partial charge in [-0.1, -0.05) is 35.9 Å². The van der Waals surface area contributed by atoms with Gasteiger partial charge >= 0.3 is 0 Å². The Kier molecular flexibility index (Phi) is 5.95. The summed E-state index contributed by atoms with van der Waals surface area (Å²) in [7, 11) is 1.97. The van der Waals surface area contributed by atoms with Crippen LogP contribution in [0.2, 0.25) is 0 Å². The zero-order chi connectivity index (χ0) is 15.2. The molecule has 2 aromatic rings. The Labute approximate surface area is 134 Å². The van der Waals surface area contributed by atoms with Crippen LogP contribution in [0.5, 0.6) is 0 Å². The molecule has 3 heteroatoms. The first-order chi connectivity index (χ1) is 10.1. The zero-order valence-corrected chi connectivity index (χ0v) is 14.1. The Bertz CT molecular complexity index is 580. The van der Waals surface area contributed by atoms with Crippen molar-refractivity contribution in [3.63, 3.8) is 0 Å². The van der Waals surface area contributed by atoms with E-state index in [0.717, 1.165) is 24.9 Å². The highest BCUT2D eigenvalue weighted by Gasteiger charge is 2.11. The van der Waals surface area contributed by atoms with E-state index in [0.29, 0.717) is 10.4 Å². The van der Waals surface area contributed by atoms with Crippen LogP contribution in [0.4, 0.5) is 4.39 Å². The lowest BCUT2D eigenvalue weighted by Gasteiger charge is -2.17. The lowest BCUT2D eigenvalue weighted by molar-refractivity contribution is 0.492. The van der Waals surface area contributed by atoms with Gasteiger partial charge in [0.1, 0.15) is 5.82 Å². The van der Waals surface area contributed by atoms with Crippen molar-refractivity contribution in [2.24, 2.45) is 5.92 Å². The van der Waals surface area contributed by atoms with Gasteiger partial charge in [0.25, 0.3) is 0 Å². The molecule has 0 aliphatic heterocycles. The normalized spacial score (nSPS) is 12.4. The second-order valence-corrected chi connectivity index (χ2v) is 6.42. The SMILES string of the molecule is CNCC(Cc1ccc(C)cc1)Cc1ccc(F)c(Br)c1. The smallest absolute Gasteiger partial charge is 0.137 e. The zero-order valence-electron chi connectivity index (χ0n) is 12.5. The first-order valence-corrected chi connectivity index (χ1v) is 8.02. The van der Waals surface area contributed by atoms with Crippen molar-refractivity contribution < 1.29 is 4.39 Å². The number of halogens is 2. The molecule has 1 nitrogen and oxygen atoms in total. The topological polar surface area (TPSA) is 12.0 Å². The lowest BCUT2D eigenvalue weighted by atomic mass is 9.92. The Morgan fingerprint density at radius 1 is 1.05 bits per heavy atom. The fourth-order valence-electron chi connectivity index (χ4n) is 2.56. The van der Waals surface area contributed by atoms with Crippen molar-refractivity contribution in [1.82, 2.24) is 5.32 Å². The highest BCUT2D eigenvalue weighted by molar-refractivity contribution is 9.10. The van der Waals surface area contributed by atoms with Crippen molar-refractivity contribution in [2.75, 3.05) is 13.6 Å². The van der Waals surface area contributed by atoms with E-state index in [1.807, 2.05) is 19.2 Å². The molecule has 0 aromatic heterocycles. The molecular formula is C18H21BrFN. The number of hydrogen-bond acceptors (Lipinski definition) is 1. The lowest BCUT2D eigenvalue weighted by Crippen LogP contribution is -2.22. The van der Waals surface area contributed by atoms with Crippen molar-refractivity contribution >= 4 is 15.9 Å². The van der Waals surface area contributed by atoms with Gasteiger partial charge < -0.3 is 5.32 Å². The van der Waals surface area contributed by atoms with Gasteiger partial charge in [0.05, 0.1) is 4.47 Å². The first-order valence-electron chi connectivity index (χ1n) is 7.22. The third-order valence-electron chi connectivity index (χ3n) is 3.65. The molecule has 0 bridgehead atoms. The van der Waals surface area contributed by atoms with Gasteiger partial charge in [-0.05, 0) is 78.5 Å². The minimum absolute atomic E-state index is 0.206. The summed E-state index contributed by atoms with van der Waals surface area (Å²) >= 11 is 3.26. The van der Waals surface area contributed by atoms with Crippen molar-refractivity contribution in [2.45, 2.75) is 19.8 Å². The predicted octanol–water partition coefficient (Wildman–Crippen LogP) is 4.52. The average molecular weight is 350 g/mol. The molecule has 0 heterocycles. The molecule has 2 rings (SSSR count). The van der Waals surface area contributed by atoms with E-state index in [1.54, 1.807) is 0 Å². The molecule has 112 valence electrons. The Balaban J connectivity index is 2.07. The van der Waals surface area contributed by atoms with Crippen LogP contribution in [0.15, 0.2) is 46.9 Å². The number of rotatable bonds is 6. The van der Waals surface area contributed by atoms with E-state index >= 15 is 0 Å². The Hall–Kier alpha value is -1.19. The van der Waals surface area contributed by atoms with Gasteiger partial charge in [0.15, 0.2) is 0 Å². The predicted molar refractivity (Wildman–Crippen MR) is 90.1 cm³/mol. The maximum atomic E-state index is 13.3. The van der Waals surface area contributed by atoms with Crippen molar-refractivity contribution in [3.05, 3.63) is 69.4 Å². The van der Waals surface area contributed by atoms with Crippen LogP contribution in [0.25, 0.3) is 0 Å². The monoisotopic (exact) mass is 349 g/mol. The molecule has 0 radical (unpaired) electrons. The number of aryl methyl sites for hydroxylation is 1. The van der Waals surface area contributed by atoms with Gasteiger partial charge in [-0.25, -0.2) is 4.39 Å². The molecule has 0 spiro atoms. The number of hydrogen-bond donors (Lipinski definition) is 1. The van der Waals surface area contributed by atoms with E-state index in [2.05, 4.69) is 52.4 Å². The van der Waals surface area contributed by atoms with Crippen LogP contribution < -0.4 is 5.32 Å². The van der Waals surface area contributed by atoms with Crippen molar-refractivity contribution in [3.8, 4) is 0 Å². The third kappa shape index (κ3) is 4.94. The van der Waals surface area contributed by atoms with Crippen LogP contribution in [0.1, 0.15) is 16.7 Å². The second-order valence-electron chi connectivity index (χ2n) is 5.57. The summed E-state index contributed by atoms with van der Waals surface area (Å²) in [5.74, 6) is 0.289. The molecule has 1 unspecified atom stereocenters. The minimum atomic E-state index is -0.206. The highest BCUT2D eigenvalue weighted by atomic mass is 79.9. The fraction of sp³-hybridized carbons (Fsp3) is 0.333. The van der Waals surface area contributed by atoms with Gasteiger partial charge in [0.2, 0.25) is 0 Å². The summed E-state index contributed by atoms with van der Waals surface area (Å²) < 4.78 is 13.8. The van der Waals surface area contributed by atoms with Crippen LogP contribution >= 0.6 is 15.9 Å². The van der Waals surface area contributed by atoms with Gasteiger partial charge in [-0.2, -0.15) is 0 Å². The number of nitrogens with one attached hydrogen (secondary N) is 1. The summed E-state index contributed by atoms with van der Waals surface area (Å²) in [5.41, 5.74) is 3.80. The molecule has 21 heavy (non-hydrogen) atoms. The van der Waals surface area contributed by atoms with E-state index in [4.69, 9.17) is 0 Å². The van der Waals surface area contributed by atoms with Crippen LogP contribution in [-0.4, -0.2) is 13.6 Å². The van der Waals surface area contributed by atoms with Gasteiger partial charge in [-0.3, -0.25) is 0 Å². The summed E-state index contributed by atoms with van der Waals surface area (Å²) in [4.78, 5) is 0. The molecule has 0 aliphatic carbocycles. The standard InChI is InChI=1S/C18H21BrFN/c1-13-3-5-14(6-4-13)9-16(12-21-2)10-15-7-8-18(20)17(19)11-15/h3-8,11,16,21H,9-10,12H2,1-2H3. The van der Waals surface area contributed by atoms with E-state index in [-0.39, 0.29) is 5.82 Å². The van der Waals surface area contributed by atoms with Crippen molar-refractivity contribution in [1.29, 1.82) is 0 Å². The molecule has 0 saturated heterocycles. The summed E-state index contributed by atoms with van der Waals surface area (Å²) in [6.07, 6.45) is 1.96. The molecule has 2 aromatic carbocycles. The second kappa shape index (κ2) is 7.71. The van der Waals surface area contributed by atoms with Crippen LogP contribution in [0, 0.1) is 18.7 Å². The molecular weight excluding hydrogens is 329 g/mol. The summed E-state index contributed by atoms with van der Waals surface area (Å²) in [5, 5.41) is 3.26. The quantitative estimate of drug-likeness (QED) is 0.808. The van der Waals surface area contributed by atoms with Gasteiger partial charge in [-0.15, -0.1) is 0 Å². The van der Waals surface area contributed by atoms with Crippen LogP contribution in [0.3, 0.4) is 0 Å². The van der Waals surface area contributed by atoms with Crippen LogP contribution in [-0.2, 0) is 12.8 Å². The fourth-order valence-corrected chi connectivity index (χ4v) is 2.99. The minimum Gasteiger partial charge on any atom is -0.319 e. The molecule has 0 saturated carbocycles. The Morgan fingerprint density at radius 3 is 2.29 bits per heavy atom. The molecule has 1 atom stereocenters. The Morgan fingerprint density at radius 2 is 1.67 bits per heavy atom.